The van der Waals surface area contributed by atoms with Crippen LogP contribution in [0.5, 0.6) is 0 Å². The number of ether oxygens (including phenoxy) is 3. The summed E-state index contributed by atoms with van der Waals surface area (Å²) in [5.41, 5.74) is 0. The van der Waals surface area contributed by atoms with Gasteiger partial charge in [0.05, 0.1) is 6.10 Å². The highest BCUT2D eigenvalue weighted by molar-refractivity contribution is 4.49. The summed E-state index contributed by atoms with van der Waals surface area (Å²) < 4.78 is 15.9. The molecule has 0 saturated heterocycles. The van der Waals surface area contributed by atoms with E-state index in [1.807, 2.05) is 20.8 Å². The van der Waals surface area contributed by atoms with Crippen LogP contribution in [0.1, 0.15) is 53.4 Å². The van der Waals surface area contributed by atoms with Crippen molar-refractivity contribution >= 4 is 0 Å². The maximum absolute atomic E-state index is 5.50. The average molecular weight is 248 g/mol. The van der Waals surface area contributed by atoms with Crippen molar-refractivity contribution in [1.82, 2.24) is 0 Å². The van der Waals surface area contributed by atoms with E-state index in [9.17, 15) is 0 Å². The highest BCUT2D eigenvalue weighted by Crippen LogP contribution is 2.01. The van der Waals surface area contributed by atoms with Crippen LogP contribution in [0.4, 0.5) is 0 Å². The van der Waals surface area contributed by atoms with Gasteiger partial charge in [0.25, 0.3) is 0 Å². The van der Waals surface area contributed by atoms with Crippen LogP contribution in [0, 0.1) is 0 Å². The van der Waals surface area contributed by atoms with E-state index in [-0.39, 0.29) is 0 Å². The van der Waals surface area contributed by atoms with E-state index < -0.39 is 0 Å². The van der Waals surface area contributed by atoms with E-state index in [1.165, 1.54) is 0 Å². The molecule has 1 atom stereocenters. The lowest BCUT2D eigenvalue weighted by Crippen LogP contribution is -2.09. The number of rotatable bonds is 11. The smallest absolute Gasteiger partial charge is 0.0547 e. The molecule has 0 aromatic heterocycles. The topological polar surface area (TPSA) is 27.7 Å². The minimum atomic E-state index is 0.368. The molecule has 0 aliphatic rings. The van der Waals surface area contributed by atoms with E-state index in [2.05, 4.69) is 6.92 Å². The molecule has 0 rings (SSSR count). The predicted octanol–water partition coefficient (Wildman–Crippen LogP) is 3.66. The normalized spacial score (nSPS) is 11.8. The van der Waals surface area contributed by atoms with Crippen LogP contribution in [0.25, 0.3) is 0 Å². The minimum absolute atomic E-state index is 0.368. The second-order valence-corrected chi connectivity index (χ2v) is 3.72. The van der Waals surface area contributed by atoms with Gasteiger partial charge in [0.2, 0.25) is 0 Å². The second-order valence-electron chi connectivity index (χ2n) is 3.72. The van der Waals surface area contributed by atoms with Crippen LogP contribution in [0.3, 0.4) is 0 Å². The van der Waals surface area contributed by atoms with Crippen LogP contribution < -0.4 is 0 Å². The lowest BCUT2D eigenvalue weighted by Gasteiger charge is -2.11. The molecule has 0 fully saturated rings. The van der Waals surface area contributed by atoms with Gasteiger partial charge in [0.1, 0.15) is 0 Å². The SMILES string of the molecule is CC.CCOC(C)CCCOCCCCOC. The van der Waals surface area contributed by atoms with Gasteiger partial charge in [-0.25, -0.2) is 0 Å². The molecule has 0 radical (unpaired) electrons. The average Bonchev–Trinajstić information content (AvgIpc) is 2.35. The molecule has 0 aliphatic carbocycles. The van der Waals surface area contributed by atoms with Crippen molar-refractivity contribution in [1.29, 1.82) is 0 Å². The number of methoxy groups -OCH3 is 1. The Morgan fingerprint density at radius 1 is 0.941 bits per heavy atom. The molecule has 0 saturated carbocycles. The van der Waals surface area contributed by atoms with Gasteiger partial charge in [-0.05, 0) is 39.5 Å². The second kappa shape index (κ2) is 18.3. The zero-order valence-electron chi connectivity index (χ0n) is 12.5. The van der Waals surface area contributed by atoms with Gasteiger partial charge in [0, 0.05) is 33.5 Å². The summed E-state index contributed by atoms with van der Waals surface area (Å²) in [7, 11) is 1.73. The van der Waals surface area contributed by atoms with Gasteiger partial charge in [-0.15, -0.1) is 0 Å². The fraction of sp³-hybridized carbons (Fsp3) is 1.00. The van der Waals surface area contributed by atoms with Crippen LogP contribution in [-0.2, 0) is 14.2 Å². The molecule has 0 amide bonds. The Morgan fingerprint density at radius 3 is 2.12 bits per heavy atom. The third-order valence-electron chi connectivity index (χ3n) is 2.24. The lowest BCUT2D eigenvalue weighted by molar-refractivity contribution is 0.0558. The summed E-state index contributed by atoms with van der Waals surface area (Å²) >= 11 is 0. The van der Waals surface area contributed by atoms with Crippen molar-refractivity contribution in [2.24, 2.45) is 0 Å². The molecule has 3 nitrogen and oxygen atoms in total. The summed E-state index contributed by atoms with van der Waals surface area (Å²) in [6.45, 7) is 11.5. The fourth-order valence-corrected chi connectivity index (χ4v) is 1.39. The molecule has 17 heavy (non-hydrogen) atoms. The third-order valence-corrected chi connectivity index (χ3v) is 2.24. The van der Waals surface area contributed by atoms with Crippen molar-refractivity contribution in [3.05, 3.63) is 0 Å². The summed E-state index contributed by atoms with van der Waals surface area (Å²) in [5, 5.41) is 0. The highest BCUT2D eigenvalue weighted by atomic mass is 16.5. The Labute approximate surface area is 108 Å². The van der Waals surface area contributed by atoms with Gasteiger partial charge >= 0.3 is 0 Å². The molecule has 1 unspecified atom stereocenters. The maximum Gasteiger partial charge on any atom is 0.0547 e. The number of hydrogen-bond acceptors (Lipinski definition) is 3. The molecule has 0 heterocycles. The molecule has 0 aromatic rings. The first kappa shape index (κ1) is 19.2. The Morgan fingerprint density at radius 2 is 1.53 bits per heavy atom. The molecule has 0 aromatic carbocycles. The molecule has 0 N–H and O–H groups in total. The van der Waals surface area contributed by atoms with E-state index in [4.69, 9.17) is 14.2 Å². The Hall–Kier alpha value is -0.120. The zero-order valence-corrected chi connectivity index (χ0v) is 12.5. The van der Waals surface area contributed by atoms with Crippen molar-refractivity contribution in [3.63, 3.8) is 0 Å². The third kappa shape index (κ3) is 18.4. The summed E-state index contributed by atoms with van der Waals surface area (Å²) in [4.78, 5) is 0. The van der Waals surface area contributed by atoms with Gasteiger partial charge < -0.3 is 14.2 Å². The Bertz CT molecular complexity index is 118. The van der Waals surface area contributed by atoms with Gasteiger partial charge in [0.15, 0.2) is 0 Å². The lowest BCUT2D eigenvalue weighted by atomic mass is 10.2. The van der Waals surface area contributed by atoms with Crippen molar-refractivity contribution in [3.8, 4) is 0 Å². The molecule has 0 aliphatic heterocycles. The Kier molecular flexibility index (Phi) is 20.6. The van der Waals surface area contributed by atoms with Crippen LogP contribution in [0.2, 0.25) is 0 Å². The fourth-order valence-electron chi connectivity index (χ4n) is 1.39. The Balaban J connectivity index is 0. The molecule has 3 heteroatoms. The molecule has 0 spiro atoms. The van der Waals surface area contributed by atoms with Crippen molar-refractivity contribution in [2.75, 3.05) is 33.5 Å². The van der Waals surface area contributed by atoms with E-state index >= 15 is 0 Å². The van der Waals surface area contributed by atoms with Gasteiger partial charge in [-0.3, -0.25) is 0 Å². The van der Waals surface area contributed by atoms with E-state index in [1.54, 1.807) is 7.11 Å². The van der Waals surface area contributed by atoms with E-state index in [0.29, 0.717) is 6.10 Å². The zero-order chi connectivity index (χ0) is 13.4. The van der Waals surface area contributed by atoms with Gasteiger partial charge in [-0.1, -0.05) is 13.8 Å². The predicted molar refractivity (Wildman–Crippen MR) is 73.6 cm³/mol. The molecular formula is C14H32O3. The van der Waals surface area contributed by atoms with Crippen LogP contribution in [0.15, 0.2) is 0 Å². The first-order valence-corrected chi connectivity index (χ1v) is 6.99. The monoisotopic (exact) mass is 248 g/mol. The molecule has 106 valence electrons. The first-order valence-electron chi connectivity index (χ1n) is 6.99. The van der Waals surface area contributed by atoms with Gasteiger partial charge in [-0.2, -0.15) is 0 Å². The first-order chi connectivity index (χ1) is 8.31. The minimum Gasteiger partial charge on any atom is -0.385 e. The van der Waals surface area contributed by atoms with Crippen molar-refractivity contribution in [2.45, 2.75) is 59.5 Å². The maximum atomic E-state index is 5.50. The molecule has 0 bridgehead atoms. The quantitative estimate of drug-likeness (QED) is 0.522. The van der Waals surface area contributed by atoms with Crippen LogP contribution >= 0.6 is 0 Å². The van der Waals surface area contributed by atoms with Crippen molar-refractivity contribution < 1.29 is 14.2 Å². The standard InChI is InChI=1S/C12H26O3.C2H6/c1-4-15-12(2)8-7-11-14-10-6-5-9-13-3;1-2/h12H,4-11H2,1-3H3;1-2H3. The number of hydrogen-bond donors (Lipinski definition) is 0. The summed E-state index contributed by atoms with van der Waals surface area (Å²) in [5.74, 6) is 0. The summed E-state index contributed by atoms with van der Waals surface area (Å²) in [6, 6.07) is 0. The molecular weight excluding hydrogens is 216 g/mol. The van der Waals surface area contributed by atoms with Crippen LogP contribution in [-0.4, -0.2) is 39.6 Å². The van der Waals surface area contributed by atoms with E-state index in [0.717, 1.165) is 52.1 Å². The summed E-state index contributed by atoms with van der Waals surface area (Å²) in [6.07, 6.45) is 4.73. The highest BCUT2D eigenvalue weighted by Gasteiger charge is 1.99. The number of unbranched alkanes of at least 4 members (excludes halogenated alkanes) is 1. The largest absolute Gasteiger partial charge is 0.385 e.